The van der Waals surface area contributed by atoms with E-state index in [-0.39, 0.29) is 18.0 Å². The minimum Gasteiger partial charge on any atom is -0.336 e. The van der Waals surface area contributed by atoms with Crippen LogP contribution in [-0.2, 0) is 4.79 Å². The van der Waals surface area contributed by atoms with Crippen molar-refractivity contribution < 1.29 is 4.79 Å². The molecule has 3 nitrogen and oxygen atoms in total. The largest absolute Gasteiger partial charge is 0.336 e. The molecule has 1 aliphatic rings. The number of rotatable bonds is 3. The fourth-order valence-corrected chi connectivity index (χ4v) is 2.40. The molecule has 2 N–H and O–H groups in total. The summed E-state index contributed by atoms with van der Waals surface area (Å²) in [7, 11) is 0. The summed E-state index contributed by atoms with van der Waals surface area (Å²) >= 11 is 0. The van der Waals surface area contributed by atoms with Crippen molar-refractivity contribution in [3.05, 3.63) is 35.9 Å². The summed E-state index contributed by atoms with van der Waals surface area (Å²) in [6.07, 6.45) is 0.592. The van der Waals surface area contributed by atoms with Crippen molar-refractivity contribution in [2.45, 2.75) is 32.4 Å². The lowest BCUT2D eigenvalue weighted by Crippen LogP contribution is -2.32. The van der Waals surface area contributed by atoms with Crippen molar-refractivity contribution in [2.75, 3.05) is 6.54 Å². The molecule has 1 fully saturated rings. The standard InChI is InChI=1S/C14H20N2O/c1-10(15)13-8-14(17)16(9-13)11(2)12-6-4-3-5-7-12/h3-7,10-11,13H,8-9,15H2,1-2H3/t10?,11-,13+/m1/s1. The first-order valence-corrected chi connectivity index (χ1v) is 6.19. The number of hydrogen-bond acceptors (Lipinski definition) is 2. The van der Waals surface area contributed by atoms with Gasteiger partial charge in [0.2, 0.25) is 5.91 Å². The minimum absolute atomic E-state index is 0.0897. The van der Waals surface area contributed by atoms with E-state index in [0.717, 1.165) is 6.54 Å². The summed E-state index contributed by atoms with van der Waals surface area (Å²) in [5.41, 5.74) is 7.07. The van der Waals surface area contributed by atoms with E-state index in [9.17, 15) is 4.79 Å². The third kappa shape index (κ3) is 2.50. The molecule has 2 rings (SSSR count). The van der Waals surface area contributed by atoms with Crippen LogP contribution in [0.3, 0.4) is 0 Å². The van der Waals surface area contributed by atoms with Crippen LogP contribution in [0.5, 0.6) is 0 Å². The predicted molar refractivity (Wildman–Crippen MR) is 68.3 cm³/mol. The highest BCUT2D eigenvalue weighted by Crippen LogP contribution is 2.29. The quantitative estimate of drug-likeness (QED) is 0.865. The molecule has 1 amide bonds. The van der Waals surface area contributed by atoms with Crippen molar-refractivity contribution in [3.63, 3.8) is 0 Å². The highest BCUT2D eigenvalue weighted by molar-refractivity contribution is 5.79. The number of benzene rings is 1. The molecule has 1 saturated heterocycles. The molecule has 0 spiro atoms. The first-order valence-electron chi connectivity index (χ1n) is 6.19. The SMILES string of the molecule is CC(N)[C@H]1CC(=O)N([C@H](C)c2ccccc2)C1. The van der Waals surface area contributed by atoms with Crippen molar-refractivity contribution in [1.29, 1.82) is 0 Å². The summed E-state index contributed by atoms with van der Waals surface area (Å²) in [5, 5.41) is 0. The van der Waals surface area contributed by atoms with E-state index in [1.165, 1.54) is 5.56 Å². The summed E-state index contributed by atoms with van der Waals surface area (Å²) in [6, 6.07) is 10.4. The summed E-state index contributed by atoms with van der Waals surface area (Å²) < 4.78 is 0. The Bertz CT molecular complexity index is 388. The van der Waals surface area contributed by atoms with Gasteiger partial charge < -0.3 is 10.6 Å². The van der Waals surface area contributed by atoms with Gasteiger partial charge in [-0.15, -0.1) is 0 Å². The lowest BCUT2D eigenvalue weighted by molar-refractivity contribution is -0.129. The number of carbonyl (C=O) groups is 1. The van der Waals surface area contributed by atoms with Gasteiger partial charge in [-0.3, -0.25) is 4.79 Å². The third-order valence-electron chi connectivity index (χ3n) is 3.68. The van der Waals surface area contributed by atoms with Gasteiger partial charge in [0.25, 0.3) is 0 Å². The Balaban J connectivity index is 2.11. The van der Waals surface area contributed by atoms with Crippen molar-refractivity contribution in [3.8, 4) is 0 Å². The molecule has 1 aromatic rings. The Morgan fingerprint density at radius 1 is 1.29 bits per heavy atom. The lowest BCUT2D eigenvalue weighted by Gasteiger charge is -2.25. The van der Waals surface area contributed by atoms with Crippen LogP contribution in [0.2, 0.25) is 0 Å². The number of nitrogens with two attached hydrogens (primary N) is 1. The van der Waals surface area contributed by atoms with E-state index in [0.29, 0.717) is 12.3 Å². The van der Waals surface area contributed by atoms with Gasteiger partial charge in [0.05, 0.1) is 6.04 Å². The zero-order valence-electron chi connectivity index (χ0n) is 10.5. The van der Waals surface area contributed by atoms with Crippen molar-refractivity contribution in [2.24, 2.45) is 11.7 Å². The van der Waals surface area contributed by atoms with Gasteiger partial charge in [-0.25, -0.2) is 0 Å². The fraction of sp³-hybridized carbons (Fsp3) is 0.500. The maximum atomic E-state index is 12.0. The summed E-state index contributed by atoms with van der Waals surface area (Å²) in [4.78, 5) is 13.9. The molecule has 0 radical (unpaired) electrons. The van der Waals surface area contributed by atoms with Crippen molar-refractivity contribution >= 4 is 5.91 Å². The van der Waals surface area contributed by atoms with Crippen LogP contribution in [-0.4, -0.2) is 23.4 Å². The fourth-order valence-electron chi connectivity index (χ4n) is 2.40. The number of hydrogen-bond donors (Lipinski definition) is 1. The van der Waals surface area contributed by atoms with E-state index >= 15 is 0 Å². The van der Waals surface area contributed by atoms with Crippen LogP contribution in [0.15, 0.2) is 30.3 Å². The Labute approximate surface area is 103 Å². The molecule has 1 aromatic carbocycles. The van der Waals surface area contributed by atoms with Crippen LogP contribution in [0.4, 0.5) is 0 Å². The molecular formula is C14H20N2O. The maximum Gasteiger partial charge on any atom is 0.223 e. The van der Waals surface area contributed by atoms with Crippen LogP contribution in [0.25, 0.3) is 0 Å². The van der Waals surface area contributed by atoms with Gasteiger partial charge in [0.15, 0.2) is 0 Å². The molecule has 3 heteroatoms. The first kappa shape index (κ1) is 12.1. The average Bonchev–Trinajstić information content (AvgIpc) is 2.72. The number of amides is 1. The number of carbonyl (C=O) groups excluding carboxylic acids is 1. The van der Waals surface area contributed by atoms with Gasteiger partial charge in [-0.05, 0) is 19.4 Å². The molecule has 3 atom stereocenters. The van der Waals surface area contributed by atoms with Crippen LogP contribution < -0.4 is 5.73 Å². The van der Waals surface area contributed by atoms with E-state index < -0.39 is 0 Å². The van der Waals surface area contributed by atoms with E-state index in [4.69, 9.17) is 5.73 Å². The van der Waals surface area contributed by atoms with E-state index in [1.54, 1.807) is 0 Å². The average molecular weight is 232 g/mol. The molecule has 1 heterocycles. The normalized spacial score (nSPS) is 23.8. The smallest absolute Gasteiger partial charge is 0.223 e. The molecule has 17 heavy (non-hydrogen) atoms. The molecule has 92 valence electrons. The zero-order chi connectivity index (χ0) is 12.4. The molecule has 0 bridgehead atoms. The molecule has 1 unspecified atom stereocenters. The third-order valence-corrected chi connectivity index (χ3v) is 3.68. The van der Waals surface area contributed by atoms with Crippen molar-refractivity contribution in [1.82, 2.24) is 4.90 Å². The molecular weight excluding hydrogens is 212 g/mol. The zero-order valence-corrected chi connectivity index (χ0v) is 10.5. The highest BCUT2D eigenvalue weighted by atomic mass is 16.2. The van der Waals surface area contributed by atoms with Gasteiger partial charge in [-0.2, -0.15) is 0 Å². The Morgan fingerprint density at radius 2 is 1.94 bits per heavy atom. The number of nitrogens with zero attached hydrogens (tertiary/aromatic N) is 1. The van der Waals surface area contributed by atoms with Gasteiger partial charge in [-0.1, -0.05) is 30.3 Å². The second kappa shape index (κ2) is 4.88. The Hall–Kier alpha value is -1.35. The van der Waals surface area contributed by atoms with Gasteiger partial charge in [0, 0.05) is 24.9 Å². The number of likely N-dealkylation sites (tertiary alicyclic amines) is 1. The lowest BCUT2D eigenvalue weighted by atomic mass is 10.0. The molecule has 1 aliphatic heterocycles. The summed E-state index contributed by atoms with van der Waals surface area (Å²) in [6.45, 7) is 4.85. The highest BCUT2D eigenvalue weighted by Gasteiger charge is 2.34. The van der Waals surface area contributed by atoms with E-state index in [2.05, 4.69) is 19.1 Å². The second-order valence-corrected chi connectivity index (χ2v) is 4.96. The Kier molecular flexibility index (Phi) is 3.48. The molecule has 0 aliphatic carbocycles. The van der Waals surface area contributed by atoms with Crippen LogP contribution in [0.1, 0.15) is 31.9 Å². The topological polar surface area (TPSA) is 46.3 Å². The van der Waals surface area contributed by atoms with Gasteiger partial charge in [0.1, 0.15) is 0 Å². The summed E-state index contributed by atoms with van der Waals surface area (Å²) in [5.74, 6) is 0.525. The molecule has 0 aromatic heterocycles. The van der Waals surface area contributed by atoms with E-state index in [1.807, 2.05) is 30.0 Å². The predicted octanol–water partition coefficient (Wildman–Crippen LogP) is 1.94. The molecule has 0 saturated carbocycles. The second-order valence-electron chi connectivity index (χ2n) is 4.96. The first-order chi connectivity index (χ1) is 8.09. The van der Waals surface area contributed by atoms with Gasteiger partial charge >= 0.3 is 0 Å². The van der Waals surface area contributed by atoms with Crippen LogP contribution >= 0.6 is 0 Å². The van der Waals surface area contributed by atoms with Crippen LogP contribution in [0, 0.1) is 5.92 Å². The Morgan fingerprint density at radius 3 is 2.47 bits per heavy atom. The minimum atomic E-state index is 0.0897. The maximum absolute atomic E-state index is 12.0. The monoisotopic (exact) mass is 232 g/mol.